The zero-order valence-electron chi connectivity index (χ0n) is 15.4. The molecule has 2 heterocycles. The summed E-state index contributed by atoms with van der Waals surface area (Å²) in [6.07, 6.45) is 0. The van der Waals surface area contributed by atoms with E-state index in [0.717, 1.165) is 31.7 Å². The molecule has 1 fully saturated rings. The number of nitrogens with one attached hydrogen (secondary N) is 1. The Morgan fingerprint density at radius 3 is 2.61 bits per heavy atom. The second kappa shape index (κ2) is 9.47. The molecule has 1 aromatic carbocycles. The van der Waals surface area contributed by atoms with Crippen LogP contribution >= 0.6 is 22.9 Å². The molecule has 1 saturated heterocycles. The van der Waals surface area contributed by atoms with Gasteiger partial charge < -0.3 is 10.1 Å². The molecule has 0 aliphatic carbocycles. The van der Waals surface area contributed by atoms with Crippen molar-refractivity contribution in [2.45, 2.75) is 6.54 Å². The van der Waals surface area contributed by atoms with Gasteiger partial charge in [0.15, 0.2) is 0 Å². The number of hydrogen-bond acceptors (Lipinski definition) is 6. The van der Waals surface area contributed by atoms with Crippen molar-refractivity contribution in [2.75, 3.05) is 45.2 Å². The Balaban J connectivity index is 1.47. The quantitative estimate of drug-likeness (QED) is 0.721. The van der Waals surface area contributed by atoms with E-state index >= 15 is 0 Å². The van der Waals surface area contributed by atoms with Crippen molar-refractivity contribution < 1.29 is 18.7 Å². The molecule has 1 aliphatic heterocycles. The van der Waals surface area contributed by atoms with E-state index in [2.05, 4.69) is 15.1 Å². The first-order chi connectivity index (χ1) is 13.5. The van der Waals surface area contributed by atoms with E-state index in [1.165, 1.54) is 30.6 Å². The van der Waals surface area contributed by atoms with Crippen LogP contribution in [0.4, 0.5) is 10.1 Å². The smallest absolute Gasteiger partial charge is 0.350 e. The fraction of sp³-hybridized carbons (Fsp3) is 0.368. The number of carbonyl (C=O) groups excluding carboxylic acids is 2. The summed E-state index contributed by atoms with van der Waals surface area (Å²) in [6, 6.07) is 6.13. The van der Waals surface area contributed by atoms with E-state index in [-0.39, 0.29) is 18.3 Å². The molecule has 2 aromatic rings. The van der Waals surface area contributed by atoms with Crippen molar-refractivity contribution >= 4 is 40.5 Å². The topological polar surface area (TPSA) is 61.9 Å². The number of esters is 1. The SMILES string of the molecule is COC(=O)c1sccc1NC(=O)CN1CCN(Cc2ccc(F)cc2Cl)CC1. The fourth-order valence-electron chi connectivity index (χ4n) is 3.05. The lowest BCUT2D eigenvalue weighted by atomic mass is 10.2. The highest BCUT2D eigenvalue weighted by molar-refractivity contribution is 7.12. The van der Waals surface area contributed by atoms with E-state index in [1.807, 2.05) is 0 Å². The van der Waals surface area contributed by atoms with Gasteiger partial charge in [0, 0.05) is 37.7 Å². The van der Waals surface area contributed by atoms with Crippen molar-refractivity contribution in [3.63, 3.8) is 0 Å². The number of piperazine rings is 1. The van der Waals surface area contributed by atoms with Gasteiger partial charge in [-0.3, -0.25) is 14.6 Å². The molecule has 3 rings (SSSR count). The van der Waals surface area contributed by atoms with E-state index in [1.54, 1.807) is 17.5 Å². The van der Waals surface area contributed by atoms with Gasteiger partial charge in [-0.05, 0) is 29.1 Å². The predicted molar refractivity (Wildman–Crippen MR) is 107 cm³/mol. The molecule has 1 aliphatic rings. The van der Waals surface area contributed by atoms with Gasteiger partial charge in [-0.25, -0.2) is 9.18 Å². The molecule has 0 atom stereocenters. The number of methoxy groups -OCH3 is 1. The molecule has 0 unspecified atom stereocenters. The van der Waals surface area contributed by atoms with Crippen molar-refractivity contribution in [1.29, 1.82) is 0 Å². The Morgan fingerprint density at radius 1 is 1.21 bits per heavy atom. The Kier molecular flexibility index (Phi) is 7.01. The number of halogens is 2. The van der Waals surface area contributed by atoms with E-state index in [9.17, 15) is 14.0 Å². The molecule has 0 spiro atoms. The third-order valence-electron chi connectivity index (χ3n) is 4.55. The Morgan fingerprint density at radius 2 is 1.93 bits per heavy atom. The van der Waals surface area contributed by atoms with Crippen LogP contribution in [0.5, 0.6) is 0 Å². The maximum absolute atomic E-state index is 13.2. The van der Waals surface area contributed by atoms with Gasteiger partial charge in [-0.15, -0.1) is 11.3 Å². The second-order valence-electron chi connectivity index (χ2n) is 6.49. The molecule has 28 heavy (non-hydrogen) atoms. The number of hydrogen-bond donors (Lipinski definition) is 1. The lowest BCUT2D eigenvalue weighted by Gasteiger charge is -2.34. The predicted octanol–water partition coefficient (Wildman–Crippen LogP) is 3.08. The molecule has 9 heteroatoms. The van der Waals surface area contributed by atoms with Gasteiger partial charge >= 0.3 is 5.97 Å². The van der Waals surface area contributed by atoms with Gasteiger partial charge in [-0.1, -0.05) is 17.7 Å². The van der Waals surface area contributed by atoms with Gasteiger partial charge in [0.25, 0.3) is 0 Å². The molecular weight excluding hydrogens is 405 g/mol. The van der Waals surface area contributed by atoms with Gasteiger partial charge in [0.2, 0.25) is 5.91 Å². The van der Waals surface area contributed by atoms with E-state index < -0.39 is 5.97 Å². The first-order valence-corrected chi connectivity index (χ1v) is 10.1. The van der Waals surface area contributed by atoms with Crippen LogP contribution in [0.25, 0.3) is 0 Å². The number of thiophene rings is 1. The summed E-state index contributed by atoms with van der Waals surface area (Å²) in [5.41, 5.74) is 1.37. The highest BCUT2D eigenvalue weighted by Gasteiger charge is 2.21. The van der Waals surface area contributed by atoms with Crippen LogP contribution in [0, 0.1) is 5.82 Å². The molecule has 1 aromatic heterocycles. The van der Waals surface area contributed by atoms with Crippen LogP contribution in [0.2, 0.25) is 5.02 Å². The first kappa shape index (κ1) is 20.7. The molecule has 0 saturated carbocycles. The maximum atomic E-state index is 13.2. The van der Waals surface area contributed by atoms with Crippen molar-refractivity contribution in [2.24, 2.45) is 0 Å². The molecular formula is C19H21ClFN3O3S. The summed E-state index contributed by atoms with van der Waals surface area (Å²) in [5.74, 6) is -0.970. The van der Waals surface area contributed by atoms with Crippen LogP contribution in [-0.2, 0) is 16.1 Å². The van der Waals surface area contributed by atoms with Gasteiger partial charge in [-0.2, -0.15) is 0 Å². The maximum Gasteiger partial charge on any atom is 0.350 e. The summed E-state index contributed by atoms with van der Waals surface area (Å²) in [7, 11) is 1.31. The number of nitrogens with zero attached hydrogens (tertiary/aromatic N) is 2. The molecule has 1 amide bonds. The van der Waals surface area contributed by atoms with E-state index in [0.29, 0.717) is 22.1 Å². The molecule has 0 radical (unpaired) electrons. The second-order valence-corrected chi connectivity index (χ2v) is 7.81. The van der Waals surface area contributed by atoms with Crippen LogP contribution in [-0.4, -0.2) is 61.5 Å². The van der Waals surface area contributed by atoms with Crippen LogP contribution in [0.1, 0.15) is 15.2 Å². The molecule has 6 nitrogen and oxygen atoms in total. The normalized spacial score (nSPS) is 15.4. The van der Waals surface area contributed by atoms with Gasteiger partial charge in [0.05, 0.1) is 19.3 Å². The molecule has 0 bridgehead atoms. The average molecular weight is 426 g/mol. The van der Waals surface area contributed by atoms with Crippen LogP contribution < -0.4 is 5.32 Å². The number of carbonyl (C=O) groups is 2. The van der Waals surface area contributed by atoms with Crippen LogP contribution in [0.15, 0.2) is 29.6 Å². The summed E-state index contributed by atoms with van der Waals surface area (Å²) < 4.78 is 17.9. The minimum absolute atomic E-state index is 0.168. The monoisotopic (exact) mass is 425 g/mol. The Hall–Kier alpha value is -2.00. The highest BCUT2D eigenvalue weighted by Crippen LogP contribution is 2.23. The lowest BCUT2D eigenvalue weighted by molar-refractivity contribution is -0.117. The summed E-state index contributed by atoms with van der Waals surface area (Å²) in [4.78, 5) is 28.7. The summed E-state index contributed by atoms with van der Waals surface area (Å²) in [6.45, 7) is 3.94. The van der Waals surface area contributed by atoms with Crippen molar-refractivity contribution in [3.05, 3.63) is 50.9 Å². The minimum atomic E-state index is -0.460. The van der Waals surface area contributed by atoms with Crippen molar-refractivity contribution in [3.8, 4) is 0 Å². The third kappa shape index (κ3) is 5.29. The van der Waals surface area contributed by atoms with Crippen molar-refractivity contribution in [1.82, 2.24) is 9.80 Å². The summed E-state index contributed by atoms with van der Waals surface area (Å²) >= 11 is 7.33. The average Bonchev–Trinajstić information content (AvgIpc) is 3.13. The zero-order valence-corrected chi connectivity index (χ0v) is 17.0. The largest absolute Gasteiger partial charge is 0.465 e. The Labute approximate surface area is 171 Å². The molecule has 1 N–H and O–H groups in total. The minimum Gasteiger partial charge on any atom is -0.465 e. The number of rotatable bonds is 6. The molecule has 150 valence electrons. The fourth-order valence-corrected chi connectivity index (χ4v) is 4.04. The van der Waals surface area contributed by atoms with Gasteiger partial charge in [0.1, 0.15) is 10.7 Å². The number of benzene rings is 1. The van der Waals surface area contributed by atoms with Crippen LogP contribution in [0.3, 0.4) is 0 Å². The number of ether oxygens (including phenoxy) is 1. The third-order valence-corrected chi connectivity index (χ3v) is 5.80. The Bertz CT molecular complexity index is 853. The lowest BCUT2D eigenvalue weighted by Crippen LogP contribution is -2.48. The first-order valence-electron chi connectivity index (χ1n) is 8.80. The van der Waals surface area contributed by atoms with E-state index in [4.69, 9.17) is 16.3 Å². The number of amides is 1. The zero-order chi connectivity index (χ0) is 20.1. The highest BCUT2D eigenvalue weighted by atomic mass is 35.5. The number of anilines is 1. The summed E-state index contributed by atoms with van der Waals surface area (Å²) in [5, 5.41) is 4.95. The standard InChI is InChI=1S/C19H21ClFN3O3S/c1-27-19(26)18-16(4-9-28-18)22-17(25)12-24-7-5-23(6-8-24)11-13-2-3-14(21)10-15(13)20/h2-4,9-10H,5-8,11-12H2,1H3,(H,22,25).